The highest BCUT2D eigenvalue weighted by Crippen LogP contribution is 2.55. The van der Waals surface area contributed by atoms with Gasteiger partial charge in [-0.15, -0.1) is 33.2 Å². The number of ether oxygens (including phenoxy) is 1. The molecule has 2 aliphatic carbocycles. The summed E-state index contributed by atoms with van der Waals surface area (Å²) in [5.41, 5.74) is 8.19. The molecule has 32 heteroatoms. The number of piperidine rings is 3. The molecule has 4 aromatic carbocycles. The van der Waals surface area contributed by atoms with Gasteiger partial charge in [0.15, 0.2) is 11.5 Å². The fourth-order valence-corrected chi connectivity index (χ4v) is 24.3. The summed E-state index contributed by atoms with van der Waals surface area (Å²) in [6.45, 7) is 24.5. The molecule has 728 valence electrons. The molecule has 2 saturated carbocycles. The number of H-pyrrole nitrogens is 1. The largest absolute Gasteiger partial charge is 0.507 e. The maximum atomic E-state index is 15.9. The van der Waals surface area contributed by atoms with Gasteiger partial charge in [-0.25, -0.2) is 14.8 Å². The zero-order valence-corrected chi connectivity index (χ0v) is 80.5. The van der Waals surface area contributed by atoms with E-state index in [0.29, 0.717) is 95.3 Å². The van der Waals surface area contributed by atoms with Crippen LogP contribution in [0.2, 0.25) is 0 Å². The Bertz CT molecular complexity index is 5810. The van der Waals surface area contributed by atoms with E-state index in [2.05, 4.69) is 111 Å². The summed E-state index contributed by atoms with van der Waals surface area (Å²) in [5, 5.41) is 67.7. The first-order chi connectivity index (χ1) is 66.7. The number of hydrogen-bond donors (Lipinski definition) is 9. The zero-order valence-electron chi connectivity index (χ0n) is 80.5. The fraction of sp³-hybridized carbons (Fsp3) is 0.547. The molecule has 9 aliphatic heterocycles. The molecule has 19 rings (SSSR count). The van der Waals surface area contributed by atoms with Crippen LogP contribution in [0.5, 0.6) is 11.5 Å². The van der Waals surface area contributed by atoms with E-state index in [4.69, 9.17) is 27.6 Å². The van der Waals surface area contributed by atoms with Crippen molar-refractivity contribution in [2.75, 3.05) is 131 Å². The van der Waals surface area contributed by atoms with Crippen molar-refractivity contribution in [1.29, 1.82) is 0 Å². The molecular formula is C106H134N22O10. The second-order valence-corrected chi connectivity index (χ2v) is 42.2. The summed E-state index contributed by atoms with van der Waals surface area (Å²) in [6.07, 6.45) is 27.2. The highest BCUT2D eigenvalue weighted by molar-refractivity contribution is 5.95. The third kappa shape index (κ3) is 20.3. The van der Waals surface area contributed by atoms with Crippen molar-refractivity contribution in [3.8, 4) is 58.7 Å². The predicted octanol–water partition coefficient (Wildman–Crippen LogP) is 9.59. The number of phenols is 2. The second kappa shape index (κ2) is 40.4. The number of anilines is 4. The van der Waals surface area contributed by atoms with Crippen LogP contribution in [0.3, 0.4) is 0 Å². The molecule has 9 N–H and O–H groups in total. The Labute approximate surface area is 808 Å². The number of β-amino-alcohol motifs (C(OH)–C–C–N with tert-alkyl or cyclic N) is 1. The molecule has 8 atom stereocenters. The van der Waals surface area contributed by atoms with Crippen LogP contribution in [0.25, 0.3) is 33.5 Å². The molecule has 7 amide bonds. The summed E-state index contributed by atoms with van der Waals surface area (Å²) in [4.78, 5) is 127. The van der Waals surface area contributed by atoms with E-state index >= 15 is 19.2 Å². The lowest BCUT2D eigenvalue weighted by Gasteiger charge is -2.56. The predicted molar refractivity (Wildman–Crippen MR) is 528 cm³/mol. The molecule has 4 aromatic heterocycles. The first-order valence-corrected chi connectivity index (χ1v) is 50.3. The molecule has 13 heterocycles. The molecule has 8 aromatic rings. The molecule has 138 heavy (non-hydrogen) atoms. The number of aromatic nitrogens is 7. The van der Waals surface area contributed by atoms with E-state index in [1.54, 1.807) is 61.2 Å². The summed E-state index contributed by atoms with van der Waals surface area (Å²) >= 11 is 0. The Morgan fingerprint density at radius 1 is 0.565 bits per heavy atom. The minimum atomic E-state index is -1.57. The standard InChI is InChI=1S/C106H134N22O10/c1-9-68-21-25-70(26-22-68)59-108-98(133)88-53-79(129)65-127(88)101(136)94(113-97(132)72-29-38-106(39-30-72)57-76(58-106)122-46-31-74(32-47-122)121-44-33-75(34-45-121)124-51-52-126-78(64-124)63-107-96-87(126)56-86(116-118-96)82-18-12-14-20-91(82)131)105(7,8)138-80-54-89(99(134)109-60-71-27-23-69(10-2)24-28-71)128(66-80)100(135)93(104(4,5)6)114-103(137)123-48-35-73(36-49-123)119-40-15-42-120(43-16-41-119)77-61-110-102(111-62-77)125-50-37-84-92(67(125)3)83-55-85(115-117-95(83)112-84)81-17-11-13-19-90(81)130/h1-2,11-14,17-28,55-56,61-62,67,72-76,78-80,88-89,93-94,129-131H,15-16,29-54,57-60,63-66H2,3-8H3,(H,107,118)(H,108,133)(H,109,134)(H,112,117)(H,113,132)(H,114,137)/t67?,72-,76-,78-,79+,80+,88-,89-,93+,94+,106?/m0/s1. The maximum Gasteiger partial charge on any atom is 0.318 e. The summed E-state index contributed by atoms with van der Waals surface area (Å²) in [7, 11) is 0. The lowest BCUT2D eigenvalue weighted by Crippen LogP contribution is -2.63. The number of urea groups is 1. The quantitative estimate of drug-likeness (QED) is 0.0285. The van der Waals surface area contributed by atoms with Gasteiger partial charge < -0.3 is 95.7 Å². The third-order valence-electron chi connectivity index (χ3n) is 32.2. The molecule has 7 saturated heterocycles. The number of amides is 7. The number of nitrogens with one attached hydrogen (secondary N) is 6. The number of carbonyl (C=O) groups is 6. The second-order valence-electron chi connectivity index (χ2n) is 42.2. The number of para-hydroxylation sites is 2. The number of aromatic amines is 1. The van der Waals surface area contributed by atoms with E-state index in [1.807, 2.05) is 93.8 Å². The first kappa shape index (κ1) is 94.9. The third-order valence-corrected chi connectivity index (χ3v) is 32.2. The Balaban J connectivity index is 0.474. The summed E-state index contributed by atoms with van der Waals surface area (Å²) in [6, 6.07) is 30.1. The van der Waals surface area contributed by atoms with Crippen molar-refractivity contribution in [3.05, 3.63) is 155 Å². The van der Waals surface area contributed by atoms with Crippen molar-refractivity contribution >= 4 is 69.7 Å². The molecular weight excluding hydrogens is 1740 g/mol. The van der Waals surface area contributed by atoms with Gasteiger partial charge in [0, 0.05) is 186 Å². The Hall–Kier alpha value is -12.0. The number of nitrogens with zero attached hydrogens (tertiary/aromatic N) is 16. The van der Waals surface area contributed by atoms with Crippen molar-refractivity contribution in [2.45, 2.75) is 242 Å². The number of aliphatic hydroxyl groups excluding tert-OH is 1. The van der Waals surface area contributed by atoms with Crippen molar-refractivity contribution in [3.63, 3.8) is 0 Å². The van der Waals surface area contributed by atoms with E-state index in [9.17, 15) is 24.9 Å². The van der Waals surface area contributed by atoms with Gasteiger partial charge in [-0.3, -0.25) is 28.9 Å². The average molecular weight is 1880 g/mol. The van der Waals surface area contributed by atoms with Crippen molar-refractivity contribution in [2.24, 2.45) is 16.7 Å². The van der Waals surface area contributed by atoms with Crippen molar-refractivity contribution in [1.82, 2.24) is 90.9 Å². The molecule has 0 bridgehead atoms. The van der Waals surface area contributed by atoms with Gasteiger partial charge in [0.05, 0.1) is 65.0 Å². The molecule has 32 nitrogen and oxygen atoms in total. The SMILES string of the molecule is C#Cc1ccc(CNC(=O)[C@@H]2C[C@@H](OC(C)(C)[C@H](NC(=O)[C@H]3CCC4(CC3)C[C@H](N3CCC(N5CCC(N6CCN7c8cc(-c9ccccc9O)nnc8NC[C@H]7C6)CC5)CC3)C4)C(=O)N3C[C@H](O)C[C@H]3C(=O)NCc3ccc(C#C)cc3)CN2C(=O)[C@@H](NC(=O)N2CCC(N3CCCN(c4cnc(N5CCc6[nH]c7nnc(-c8ccccc8O)cc7c6C5C)nc4)CCC3)CC2)C(C)(C)C)cc1. The van der Waals surface area contributed by atoms with Gasteiger partial charge in [0.2, 0.25) is 35.5 Å². The van der Waals surface area contributed by atoms with Crippen LogP contribution in [0.1, 0.15) is 184 Å². The first-order valence-electron chi connectivity index (χ1n) is 50.3. The van der Waals surface area contributed by atoms with E-state index < -0.39 is 76.9 Å². The van der Waals surface area contributed by atoms with Crippen LogP contribution in [-0.4, -0.2) is 304 Å². The van der Waals surface area contributed by atoms with Crippen LogP contribution in [0.15, 0.2) is 122 Å². The van der Waals surface area contributed by atoms with Crippen LogP contribution in [-0.2, 0) is 48.2 Å². The highest BCUT2D eigenvalue weighted by Gasteiger charge is 2.54. The van der Waals surface area contributed by atoms with Gasteiger partial charge in [-0.1, -0.05) is 81.1 Å². The lowest BCUT2D eigenvalue weighted by atomic mass is 9.56. The number of rotatable bonds is 22. The fourth-order valence-electron chi connectivity index (χ4n) is 24.3. The minimum absolute atomic E-state index is 0.00687. The van der Waals surface area contributed by atoms with Gasteiger partial charge in [-0.2, -0.15) is 0 Å². The Morgan fingerprint density at radius 2 is 1.12 bits per heavy atom. The van der Waals surface area contributed by atoms with E-state index in [1.165, 1.54) is 22.6 Å². The topological polar surface area (TPSA) is 358 Å². The van der Waals surface area contributed by atoms with Crippen LogP contribution in [0.4, 0.5) is 27.9 Å². The minimum Gasteiger partial charge on any atom is -0.507 e. The number of aliphatic hydroxyl groups is 1. The molecule has 11 aliphatic rings. The normalized spacial score (nSPS) is 25.0. The summed E-state index contributed by atoms with van der Waals surface area (Å²) in [5.74, 6) is 4.32. The number of piperazine rings is 1. The van der Waals surface area contributed by atoms with Gasteiger partial charge in [0.1, 0.15) is 35.7 Å². The maximum absolute atomic E-state index is 15.9. The number of likely N-dealkylation sites (tertiary alicyclic amines) is 5. The van der Waals surface area contributed by atoms with E-state index in [-0.39, 0.29) is 80.0 Å². The van der Waals surface area contributed by atoms with Gasteiger partial charge in [-0.05, 0) is 219 Å². The number of aromatic hydroxyl groups is 2. The van der Waals surface area contributed by atoms with Crippen LogP contribution >= 0.6 is 0 Å². The number of fused-ring (bicyclic) bond motifs is 6. The van der Waals surface area contributed by atoms with Crippen LogP contribution < -0.4 is 41.3 Å². The van der Waals surface area contributed by atoms with Crippen molar-refractivity contribution < 1.29 is 48.8 Å². The van der Waals surface area contributed by atoms with Gasteiger partial charge in [0.25, 0.3) is 0 Å². The molecule has 1 unspecified atom stereocenters. The molecule has 9 fully saturated rings. The lowest BCUT2D eigenvalue weighted by molar-refractivity contribution is -0.155. The number of benzene rings is 4. The number of carbonyl (C=O) groups excluding carboxylic acids is 6. The monoisotopic (exact) mass is 1880 g/mol. The molecule has 1 spiro atoms. The Kier molecular flexibility index (Phi) is 27.8. The zero-order chi connectivity index (χ0) is 95.8. The highest BCUT2D eigenvalue weighted by atomic mass is 16.5. The number of phenolic OH excluding ortho intramolecular Hbond substituents is 2. The van der Waals surface area contributed by atoms with E-state index in [0.717, 1.165) is 201 Å². The van der Waals surface area contributed by atoms with Crippen LogP contribution in [0, 0.1) is 41.4 Å². The average Bonchev–Trinajstić information content (AvgIpc) is 0.809. The number of terminal acetylenes is 2. The summed E-state index contributed by atoms with van der Waals surface area (Å²) < 4.78 is 7.19. The van der Waals surface area contributed by atoms with Gasteiger partial charge >= 0.3 is 6.03 Å². The molecule has 0 radical (unpaired) electrons. The Morgan fingerprint density at radius 3 is 1.72 bits per heavy atom. The smallest absolute Gasteiger partial charge is 0.318 e. The number of hydrogen-bond acceptors (Lipinski definition) is 24.